The molecular weight excluding hydrogens is 220 g/mol. The molecule has 0 aromatic rings. The van der Waals surface area contributed by atoms with Crippen LogP contribution in [0.3, 0.4) is 0 Å². The summed E-state index contributed by atoms with van der Waals surface area (Å²) >= 11 is 3.11. The summed E-state index contributed by atoms with van der Waals surface area (Å²) in [5.41, 5.74) is 11.9. The normalized spacial score (nSPS) is 14.7. The summed E-state index contributed by atoms with van der Waals surface area (Å²) in [5, 5.41) is 6.92. The first-order valence-corrected chi connectivity index (χ1v) is 3.96. The quantitative estimate of drug-likeness (QED) is 0.494. The summed E-state index contributed by atoms with van der Waals surface area (Å²) in [6.45, 7) is 0. The van der Waals surface area contributed by atoms with Gasteiger partial charge in [0.15, 0.2) is 0 Å². The molecule has 0 saturated carbocycles. The van der Waals surface area contributed by atoms with Crippen LogP contribution in [0, 0.1) is 5.41 Å². The molecule has 5 heteroatoms. The van der Waals surface area contributed by atoms with Crippen molar-refractivity contribution in [3.05, 3.63) is 22.0 Å². The molecule has 0 saturated heterocycles. The molecule has 0 aliphatic heterocycles. The van der Waals surface area contributed by atoms with Crippen LogP contribution in [0.2, 0.25) is 0 Å². The Balaban J connectivity index is 4.89. The summed E-state index contributed by atoms with van der Waals surface area (Å²) < 4.78 is 0.485. The van der Waals surface area contributed by atoms with Gasteiger partial charge in [0.05, 0.1) is 10.2 Å². The van der Waals surface area contributed by atoms with E-state index in [0.29, 0.717) is 15.8 Å². The minimum absolute atomic E-state index is 0.401. The minimum atomic E-state index is 0.401. The fraction of sp³-hybridized carbons (Fsp3) is 0.143. The van der Waals surface area contributed by atoms with Crippen molar-refractivity contribution in [3.63, 3.8) is 0 Å². The largest absolute Gasteiger partial charge is 0.404 e. The van der Waals surface area contributed by atoms with E-state index in [9.17, 15) is 0 Å². The Morgan fingerprint density at radius 3 is 2.50 bits per heavy atom. The van der Waals surface area contributed by atoms with Crippen LogP contribution in [0.1, 0.15) is 0 Å². The predicted octanol–water partition coefficient (Wildman–Crippen LogP) is 0.744. The summed E-state index contributed by atoms with van der Waals surface area (Å²) in [5.74, 6) is 0. The maximum absolute atomic E-state index is 6.92. The molecule has 0 heterocycles. The number of rotatable bonds is 3. The fourth-order valence-electron chi connectivity index (χ4n) is 0.557. The van der Waals surface area contributed by atoms with Crippen LogP contribution in [-0.4, -0.2) is 19.5 Å². The van der Waals surface area contributed by atoms with Crippen LogP contribution in [0.15, 0.2) is 26.9 Å². The van der Waals surface area contributed by atoms with Crippen molar-refractivity contribution in [2.75, 3.05) is 7.05 Å². The molecule has 12 heavy (non-hydrogen) atoms. The maximum atomic E-state index is 6.92. The molecule has 0 fully saturated rings. The Bertz CT molecular complexity index is 252. The lowest BCUT2D eigenvalue weighted by molar-refractivity contribution is 1.34. The number of allylic oxidation sites excluding steroid dienone is 2. The van der Waals surface area contributed by atoms with Crippen LogP contribution in [0.4, 0.5) is 0 Å². The maximum Gasteiger partial charge on any atom is 0.0587 e. The van der Waals surface area contributed by atoms with Crippen molar-refractivity contribution in [2.45, 2.75) is 0 Å². The number of halogens is 1. The smallest absolute Gasteiger partial charge is 0.0587 e. The molecule has 0 unspecified atom stereocenters. The van der Waals surface area contributed by atoms with Gasteiger partial charge in [-0.05, 0) is 15.9 Å². The third-order valence-corrected chi connectivity index (χ3v) is 1.80. The van der Waals surface area contributed by atoms with Gasteiger partial charge in [-0.25, -0.2) is 0 Å². The van der Waals surface area contributed by atoms with Gasteiger partial charge in [-0.3, -0.25) is 4.99 Å². The first kappa shape index (κ1) is 10.9. The Labute approximate surface area is 79.7 Å². The lowest BCUT2D eigenvalue weighted by Gasteiger charge is -2.01. The van der Waals surface area contributed by atoms with E-state index in [-0.39, 0.29) is 0 Å². The molecule has 0 spiro atoms. The van der Waals surface area contributed by atoms with E-state index in [1.54, 1.807) is 7.05 Å². The molecule has 0 radical (unpaired) electrons. The lowest BCUT2D eigenvalue weighted by atomic mass is 10.2. The van der Waals surface area contributed by atoms with Crippen molar-refractivity contribution in [2.24, 2.45) is 16.5 Å². The van der Waals surface area contributed by atoms with Gasteiger partial charge in [-0.15, -0.1) is 0 Å². The van der Waals surface area contributed by atoms with Gasteiger partial charge in [-0.2, -0.15) is 0 Å². The second-order valence-corrected chi connectivity index (χ2v) is 2.77. The number of nitrogens with two attached hydrogens (primary N) is 2. The van der Waals surface area contributed by atoms with Crippen LogP contribution in [0.25, 0.3) is 0 Å². The van der Waals surface area contributed by atoms with Gasteiger partial charge in [0.1, 0.15) is 0 Å². The number of hydrogen-bond acceptors (Lipinski definition) is 4. The summed E-state index contributed by atoms with van der Waals surface area (Å²) in [4.78, 5) is 3.76. The monoisotopic (exact) mass is 230 g/mol. The number of aliphatic imine (C=N–C) groups is 1. The van der Waals surface area contributed by atoms with Crippen molar-refractivity contribution in [3.8, 4) is 0 Å². The van der Waals surface area contributed by atoms with E-state index in [4.69, 9.17) is 16.9 Å². The summed E-state index contributed by atoms with van der Waals surface area (Å²) in [6, 6.07) is 0. The van der Waals surface area contributed by atoms with Gasteiger partial charge in [0.25, 0.3) is 0 Å². The van der Waals surface area contributed by atoms with E-state index in [1.807, 2.05) is 0 Å². The minimum Gasteiger partial charge on any atom is -0.404 e. The molecule has 5 N–H and O–H groups in total. The van der Waals surface area contributed by atoms with E-state index in [2.05, 4.69) is 20.9 Å². The molecule has 4 nitrogen and oxygen atoms in total. The van der Waals surface area contributed by atoms with Crippen molar-refractivity contribution in [1.29, 1.82) is 5.41 Å². The number of nitrogens with one attached hydrogen (secondary N) is 1. The van der Waals surface area contributed by atoms with Crippen LogP contribution >= 0.6 is 15.9 Å². The third kappa shape index (κ3) is 2.87. The van der Waals surface area contributed by atoms with Gasteiger partial charge in [0, 0.05) is 31.2 Å². The Kier molecular flexibility index (Phi) is 5.03. The van der Waals surface area contributed by atoms with Crippen molar-refractivity contribution >= 4 is 28.4 Å². The average Bonchev–Trinajstić information content (AvgIpc) is 2.11. The van der Waals surface area contributed by atoms with Crippen LogP contribution < -0.4 is 11.5 Å². The Morgan fingerprint density at radius 1 is 1.58 bits per heavy atom. The topological polar surface area (TPSA) is 88.2 Å². The van der Waals surface area contributed by atoms with Gasteiger partial charge in [-0.1, -0.05) is 0 Å². The lowest BCUT2D eigenvalue weighted by Crippen LogP contribution is -2.07. The molecule has 0 bridgehead atoms. The highest BCUT2D eigenvalue weighted by Crippen LogP contribution is 2.10. The highest BCUT2D eigenvalue weighted by atomic mass is 79.9. The Hall–Kier alpha value is -1.10. The summed E-state index contributed by atoms with van der Waals surface area (Å²) in [7, 11) is 1.62. The second kappa shape index (κ2) is 5.54. The fourth-order valence-corrected chi connectivity index (χ4v) is 0.786. The number of hydrogen-bond donors (Lipinski definition) is 3. The van der Waals surface area contributed by atoms with Crippen molar-refractivity contribution in [1.82, 2.24) is 0 Å². The van der Waals surface area contributed by atoms with Gasteiger partial charge >= 0.3 is 0 Å². The van der Waals surface area contributed by atoms with E-state index < -0.39 is 0 Å². The zero-order valence-corrected chi connectivity index (χ0v) is 8.30. The molecule has 0 aromatic carbocycles. The molecule has 0 atom stereocenters. The number of nitrogens with zero attached hydrogens (tertiary/aromatic N) is 1. The zero-order valence-electron chi connectivity index (χ0n) is 6.71. The molecule has 0 aliphatic carbocycles. The first-order chi connectivity index (χ1) is 5.67. The molecule has 66 valence electrons. The third-order valence-electron chi connectivity index (χ3n) is 1.14. The van der Waals surface area contributed by atoms with Gasteiger partial charge < -0.3 is 16.9 Å². The second-order valence-electron chi connectivity index (χ2n) is 1.92. The van der Waals surface area contributed by atoms with E-state index >= 15 is 0 Å². The van der Waals surface area contributed by atoms with E-state index in [0.717, 1.165) is 6.21 Å². The molecule has 0 aromatic heterocycles. The molecule has 0 amide bonds. The first-order valence-electron chi connectivity index (χ1n) is 3.17. The Morgan fingerprint density at radius 2 is 2.17 bits per heavy atom. The molecule has 0 aliphatic rings. The van der Waals surface area contributed by atoms with Gasteiger partial charge in [0.2, 0.25) is 0 Å². The average molecular weight is 231 g/mol. The van der Waals surface area contributed by atoms with E-state index in [1.165, 1.54) is 12.4 Å². The van der Waals surface area contributed by atoms with Crippen LogP contribution in [-0.2, 0) is 0 Å². The highest BCUT2D eigenvalue weighted by Gasteiger charge is 2.00. The highest BCUT2D eigenvalue weighted by molar-refractivity contribution is 9.12. The molecular formula is C7H11BrN4. The summed E-state index contributed by atoms with van der Waals surface area (Å²) in [6.07, 6.45) is 3.97. The standard InChI is InChI=1S/C7H11BrN4/c1-12-4-5(2-9)7(11)6(8)3-10/h2-4,10H,9,11H2,1H3/b5-2?,7-6+,10-3?,12-4?. The zero-order chi connectivity index (χ0) is 9.56. The van der Waals surface area contributed by atoms with Crippen LogP contribution in [0.5, 0.6) is 0 Å². The predicted molar refractivity (Wildman–Crippen MR) is 55.6 cm³/mol. The van der Waals surface area contributed by atoms with Crippen molar-refractivity contribution < 1.29 is 0 Å². The SMILES string of the molecule is CN=CC(=CN)/C(N)=C(\Br)C=N. The molecule has 0 rings (SSSR count).